The summed E-state index contributed by atoms with van der Waals surface area (Å²) in [6, 6.07) is 18.0. The summed E-state index contributed by atoms with van der Waals surface area (Å²) >= 11 is 0. The van der Waals surface area contributed by atoms with Gasteiger partial charge in [-0.3, -0.25) is 0 Å². The van der Waals surface area contributed by atoms with Gasteiger partial charge in [-0.15, -0.1) is 0 Å². The Morgan fingerprint density at radius 3 is 2.60 bits per heavy atom. The van der Waals surface area contributed by atoms with E-state index in [1.54, 1.807) is 0 Å². The van der Waals surface area contributed by atoms with E-state index in [0.717, 1.165) is 23.0 Å². The molecule has 2 heterocycles. The Bertz CT molecular complexity index is 870. The van der Waals surface area contributed by atoms with Gasteiger partial charge in [0.15, 0.2) is 11.5 Å². The Kier molecular flexibility index (Phi) is 4.08. The minimum atomic E-state index is 0.148. The number of hydrogen-bond acceptors (Lipinski definition) is 6. The van der Waals surface area contributed by atoms with Gasteiger partial charge in [0.05, 0.1) is 0 Å². The van der Waals surface area contributed by atoms with Gasteiger partial charge in [0, 0.05) is 23.9 Å². The van der Waals surface area contributed by atoms with Crippen LogP contribution in [-0.2, 0) is 0 Å². The van der Waals surface area contributed by atoms with E-state index in [4.69, 9.17) is 9.47 Å². The van der Waals surface area contributed by atoms with Gasteiger partial charge in [-0.25, -0.2) is 9.97 Å². The summed E-state index contributed by atoms with van der Waals surface area (Å²) in [6.07, 6.45) is 1.54. The molecule has 0 aliphatic carbocycles. The average Bonchev–Trinajstić information content (AvgIpc) is 3.10. The van der Waals surface area contributed by atoms with Crippen LogP contribution in [0.3, 0.4) is 0 Å². The molecular formula is C19H18N4O2. The Labute approximate surface area is 145 Å². The predicted octanol–water partition coefficient (Wildman–Crippen LogP) is 4.12. The molecule has 1 aliphatic rings. The molecule has 2 aromatic carbocycles. The van der Waals surface area contributed by atoms with Gasteiger partial charge in [-0.05, 0) is 24.6 Å². The summed E-state index contributed by atoms with van der Waals surface area (Å²) in [5.74, 6) is 2.95. The van der Waals surface area contributed by atoms with Crippen molar-refractivity contribution in [3.05, 3.63) is 66.5 Å². The number of nitrogens with one attached hydrogen (secondary N) is 2. The Balaban J connectivity index is 1.48. The van der Waals surface area contributed by atoms with E-state index in [1.807, 2.05) is 42.5 Å². The number of rotatable bonds is 5. The Hall–Kier alpha value is -3.28. The van der Waals surface area contributed by atoms with Gasteiger partial charge in [-0.2, -0.15) is 0 Å². The second-order valence-corrected chi connectivity index (χ2v) is 5.76. The number of aromatic nitrogens is 2. The SMILES string of the molecule is CC(Nc1cc(Nc2ccc3c(c2)OCO3)ncn1)c1ccccc1. The molecule has 4 rings (SSSR count). The van der Waals surface area contributed by atoms with Crippen molar-refractivity contribution in [3.8, 4) is 11.5 Å². The first-order chi connectivity index (χ1) is 12.3. The van der Waals surface area contributed by atoms with Gasteiger partial charge in [0.2, 0.25) is 6.79 Å². The molecule has 0 bridgehead atoms. The first-order valence-corrected chi connectivity index (χ1v) is 8.08. The van der Waals surface area contributed by atoms with Crippen LogP contribution in [0.25, 0.3) is 0 Å². The van der Waals surface area contributed by atoms with Crippen LogP contribution in [0.15, 0.2) is 60.9 Å². The van der Waals surface area contributed by atoms with Crippen LogP contribution >= 0.6 is 0 Å². The molecule has 1 unspecified atom stereocenters. The number of ether oxygens (including phenoxy) is 2. The monoisotopic (exact) mass is 334 g/mol. The topological polar surface area (TPSA) is 68.3 Å². The second-order valence-electron chi connectivity index (χ2n) is 5.76. The zero-order chi connectivity index (χ0) is 17.1. The van der Waals surface area contributed by atoms with E-state index in [-0.39, 0.29) is 12.8 Å². The van der Waals surface area contributed by atoms with Gasteiger partial charge in [-0.1, -0.05) is 30.3 Å². The smallest absolute Gasteiger partial charge is 0.231 e. The molecule has 0 radical (unpaired) electrons. The maximum atomic E-state index is 5.39. The van der Waals surface area contributed by atoms with Gasteiger partial charge in [0.25, 0.3) is 0 Å². The molecule has 0 amide bonds. The van der Waals surface area contributed by atoms with E-state index >= 15 is 0 Å². The summed E-state index contributed by atoms with van der Waals surface area (Å²) in [6.45, 7) is 2.36. The maximum Gasteiger partial charge on any atom is 0.231 e. The number of benzene rings is 2. The molecular weight excluding hydrogens is 316 g/mol. The van der Waals surface area contributed by atoms with Crippen LogP contribution in [-0.4, -0.2) is 16.8 Å². The minimum absolute atomic E-state index is 0.148. The minimum Gasteiger partial charge on any atom is -0.454 e. The van der Waals surface area contributed by atoms with E-state index in [0.29, 0.717) is 5.82 Å². The zero-order valence-corrected chi connectivity index (χ0v) is 13.8. The summed E-state index contributed by atoms with van der Waals surface area (Å²) in [7, 11) is 0. The summed E-state index contributed by atoms with van der Waals surface area (Å²) < 4.78 is 10.7. The third-order valence-electron chi connectivity index (χ3n) is 3.98. The van der Waals surface area contributed by atoms with Crippen molar-refractivity contribution in [2.24, 2.45) is 0 Å². The first kappa shape index (κ1) is 15.3. The van der Waals surface area contributed by atoms with Crippen LogP contribution in [0.5, 0.6) is 11.5 Å². The molecule has 0 spiro atoms. The lowest BCUT2D eigenvalue weighted by Crippen LogP contribution is -2.08. The standard InChI is InChI=1S/C19H18N4O2/c1-13(14-5-3-2-4-6-14)22-18-10-19(21-11-20-18)23-15-7-8-16-17(9-15)25-12-24-16/h2-11,13H,12H2,1H3,(H2,20,21,22,23). The highest BCUT2D eigenvalue weighted by atomic mass is 16.7. The second kappa shape index (κ2) is 6.68. The van der Waals surface area contributed by atoms with Crippen molar-refractivity contribution >= 4 is 17.3 Å². The van der Waals surface area contributed by atoms with Crippen molar-refractivity contribution < 1.29 is 9.47 Å². The molecule has 0 fully saturated rings. The fourth-order valence-electron chi connectivity index (χ4n) is 2.67. The number of anilines is 3. The molecule has 2 N–H and O–H groups in total. The van der Waals surface area contributed by atoms with Gasteiger partial charge in [0.1, 0.15) is 18.0 Å². The predicted molar refractivity (Wildman–Crippen MR) is 96.4 cm³/mol. The van der Waals surface area contributed by atoms with Gasteiger partial charge < -0.3 is 20.1 Å². The lowest BCUT2D eigenvalue weighted by Gasteiger charge is -2.15. The lowest BCUT2D eigenvalue weighted by atomic mass is 10.1. The van der Waals surface area contributed by atoms with Crippen molar-refractivity contribution in [3.63, 3.8) is 0 Å². The molecule has 1 atom stereocenters. The van der Waals surface area contributed by atoms with Crippen molar-refractivity contribution in [1.29, 1.82) is 0 Å². The number of hydrogen-bond donors (Lipinski definition) is 2. The molecule has 3 aromatic rings. The van der Waals surface area contributed by atoms with Crippen LogP contribution in [0.1, 0.15) is 18.5 Å². The third-order valence-corrected chi connectivity index (χ3v) is 3.98. The molecule has 126 valence electrons. The van der Waals surface area contributed by atoms with E-state index < -0.39 is 0 Å². The number of nitrogens with zero attached hydrogens (tertiary/aromatic N) is 2. The lowest BCUT2D eigenvalue weighted by molar-refractivity contribution is 0.174. The highest BCUT2D eigenvalue weighted by molar-refractivity contribution is 5.63. The van der Waals surface area contributed by atoms with Crippen molar-refractivity contribution in [1.82, 2.24) is 9.97 Å². The summed E-state index contributed by atoms with van der Waals surface area (Å²) in [5, 5.41) is 6.65. The van der Waals surface area contributed by atoms with E-state index in [9.17, 15) is 0 Å². The van der Waals surface area contributed by atoms with Crippen LogP contribution in [0, 0.1) is 0 Å². The maximum absolute atomic E-state index is 5.39. The van der Waals surface area contributed by atoms with E-state index in [2.05, 4.69) is 39.7 Å². The molecule has 1 aromatic heterocycles. The van der Waals surface area contributed by atoms with Gasteiger partial charge >= 0.3 is 0 Å². The van der Waals surface area contributed by atoms with Crippen LogP contribution in [0.4, 0.5) is 17.3 Å². The highest BCUT2D eigenvalue weighted by Gasteiger charge is 2.13. The summed E-state index contributed by atoms with van der Waals surface area (Å²) in [4.78, 5) is 8.57. The van der Waals surface area contributed by atoms with E-state index in [1.165, 1.54) is 11.9 Å². The molecule has 0 saturated heterocycles. The fourth-order valence-corrected chi connectivity index (χ4v) is 2.67. The molecule has 6 heteroatoms. The van der Waals surface area contributed by atoms with Crippen LogP contribution in [0.2, 0.25) is 0 Å². The molecule has 25 heavy (non-hydrogen) atoms. The normalized spacial score (nSPS) is 13.3. The van der Waals surface area contributed by atoms with Crippen LogP contribution < -0.4 is 20.1 Å². The fraction of sp³-hybridized carbons (Fsp3) is 0.158. The number of fused-ring (bicyclic) bond motifs is 1. The Morgan fingerprint density at radius 2 is 1.72 bits per heavy atom. The van der Waals surface area contributed by atoms with Crippen molar-refractivity contribution in [2.45, 2.75) is 13.0 Å². The summed E-state index contributed by atoms with van der Waals surface area (Å²) in [5.41, 5.74) is 2.08. The Morgan fingerprint density at radius 1 is 0.920 bits per heavy atom. The largest absolute Gasteiger partial charge is 0.454 e. The molecule has 6 nitrogen and oxygen atoms in total. The quantitative estimate of drug-likeness (QED) is 0.731. The molecule has 1 aliphatic heterocycles. The average molecular weight is 334 g/mol. The van der Waals surface area contributed by atoms with Crippen molar-refractivity contribution in [2.75, 3.05) is 17.4 Å². The molecule has 0 saturated carbocycles. The first-order valence-electron chi connectivity index (χ1n) is 8.08. The highest BCUT2D eigenvalue weighted by Crippen LogP contribution is 2.35. The third kappa shape index (κ3) is 3.47. The zero-order valence-electron chi connectivity index (χ0n) is 13.8.